The van der Waals surface area contributed by atoms with Crippen LogP contribution in [0.2, 0.25) is 0 Å². The summed E-state index contributed by atoms with van der Waals surface area (Å²) in [5.41, 5.74) is 0. The summed E-state index contributed by atoms with van der Waals surface area (Å²) in [7, 11) is 0. The van der Waals surface area contributed by atoms with E-state index in [1.54, 1.807) is 0 Å². The molecule has 78 valence electrons. The number of allylic oxidation sites excluding steroid dienone is 1. The molecule has 0 rings (SSSR count). The molecular weight excluding hydrogens is 162 g/mol. The minimum absolute atomic E-state index is 0.194. The van der Waals surface area contributed by atoms with E-state index in [-0.39, 0.29) is 6.10 Å². The molecule has 0 aliphatic rings. The van der Waals surface area contributed by atoms with Gasteiger partial charge in [0, 0.05) is 13.1 Å². The molecule has 0 spiro atoms. The predicted molar refractivity (Wildman–Crippen MR) is 57.8 cm³/mol. The molecule has 1 atom stereocenters. The Hall–Kier alpha value is -0.340. The molecule has 2 N–H and O–H groups in total. The molecule has 0 saturated heterocycles. The van der Waals surface area contributed by atoms with Gasteiger partial charge in [0.1, 0.15) is 0 Å². The van der Waals surface area contributed by atoms with Gasteiger partial charge in [0.25, 0.3) is 0 Å². The van der Waals surface area contributed by atoms with E-state index in [1.165, 1.54) is 0 Å². The minimum Gasteiger partial charge on any atom is -0.392 e. The lowest BCUT2D eigenvalue weighted by molar-refractivity contribution is 0.103. The molecule has 0 saturated carbocycles. The van der Waals surface area contributed by atoms with Gasteiger partial charge in [-0.25, -0.2) is 0 Å². The first-order chi connectivity index (χ1) is 6.26. The Bertz CT molecular complexity index is 130. The molecule has 2 nitrogen and oxygen atoms in total. The fourth-order valence-corrected chi connectivity index (χ4v) is 1.43. The molecule has 0 aromatic heterocycles. The maximum absolute atomic E-state index is 9.72. The first kappa shape index (κ1) is 12.7. The number of nitrogens with one attached hydrogen (secondary N) is 1. The molecule has 0 aromatic carbocycles. The van der Waals surface area contributed by atoms with Crippen LogP contribution in [0.1, 0.15) is 33.6 Å². The van der Waals surface area contributed by atoms with Crippen LogP contribution in [0.4, 0.5) is 0 Å². The van der Waals surface area contributed by atoms with Gasteiger partial charge in [-0.3, -0.25) is 0 Å². The van der Waals surface area contributed by atoms with Gasteiger partial charge in [-0.2, -0.15) is 0 Å². The molecule has 2 heteroatoms. The molecule has 0 aliphatic carbocycles. The zero-order chi connectivity index (χ0) is 10.1. The highest BCUT2D eigenvalue weighted by atomic mass is 16.3. The maximum Gasteiger partial charge on any atom is 0.0692 e. The lowest BCUT2D eigenvalue weighted by Gasteiger charge is -2.19. The number of aliphatic hydroxyl groups excluding tert-OH is 1. The Morgan fingerprint density at radius 3 is 2.38 bits per heavy atom. The van der Waals surface area contributed by atoms with Crippen LogP contribution >= 0.6 is 0 Å². The number of hydrogen-bond donors (Lipinski definition) is 2. The number of aliphatic hydroxyl groups is 1. The summed E-state index contributed by atoms with van der Waals surface area (Å²) < 4.78 is 0. The van der Waals surface area contributed by atoms with Gasteiger partial charge in [-0.15, -0.1) is 0 Å². The van der Waals surface area contributed by atoms with Crippen LogP contribution in [-0.4, -0.2) is 24.3 Å². The van der Waals surface area contributed by atoms with E-state index in [1.807, 2.05) is 13.0 Å². The molecule has 0 aliphatic heterocycles. The van der Waals surface area contributed by atoms with Crippen LogP contribution in [0.5, 0.6) is 0 Å². The standard InChI is InChI=1S/C11H23NO/c1-4-7-8-12-9-11(13)10(5-2)6-3/h4,7,10-13H,5-6,8-9H2,1-3H3/b7-4+. The first-order valence-electron chi connectivity index (χ1n) is 5.26. The van der Waals surface area contributed by atoms with Gasteiger partial charge in [-0.05, 0) is 12.8 Å². The Kier molecular flexibility index (Phi) is 8.05. The first-order valence-corrected chi connectivity index (χ1v) is 5.26. The predicted octanol–water partition coefficient (Wildman–Crippen LogP) is 1.95. The van der Waals surface area contributed by atoms with Gasteiger partial charge in [0.15, 0.2) is 0 Å². The third-order valence-electron chi connectivity index (χ3n) is 2.44. The van der Waals surface area contributed by atoms with Gasteiger partial charge in [0.2, 0.25) is 0 Å². The summed E-state index contributed by atoms with van der Waals surface area (Å²) in [6, 6.07) is 0. The molecular formula is C11H23NO. The summed E-state index contributed by atoms with van der Waals surface area (Å²) >= 11 is 0. The van der Waals surface area contributed by atoms with Crippen molar-refractivity contribution in [3.05, 3.63) is 12.2 Å². The third-order valence-corrected chi connectivity index (χ3v) is 2.44. The molecule has 13 heavy (non-hydrogen) atoms. The van der Waals surface area contributed by atoms with E-state index < -0.39 is 0 Å². The highest BCUT2D eigenvalue weighted by Gasteiger charge is 2.13. The van der Waals surface area contributed by atoms with E-state index in [0.29, 0.717) is 12.5 Å². The smallest absolute Gasteiger partial charge is 0.0692 e. The second kappa shape index (κ2) is 8.27. The summed E-state index contributed by atoms with van der Waals surface area (Å²) in [5.74, 6) is 0.443. The van der Waals surface area contributed by atoms with E-state index in [2.05, 4.69) is 25.2 Å². The van der Waals surface area contributed by atoms with Crippen molar-refractivity contribution in [3.8, 4) is 0 Å². The van der Waals surface area contributed by atoms with E-state index in [4.69, 9.17) is 0 Å². The topological polar surface area (TPSA) is 32.3 Å². The van der Waals surface area contributed by atoms with Gasteiger partial charge in [-0.1, -0.05) is 38.8 Å². The Balaban J connectivity index is 3.53. The monoisotopic (exact) mass is 185 g/mol. The number of rotatable bonds is 7. The summed E-state index contributed by atoms with van der Waals surface area (Å²) in [5, 5.41) is 12.9. The van der Waals surface area contributed by atoms with Crippen LogP contribution in [0, 0.1) is 5.92 Å². The second-order valence-electron chi connectivity index (χ2n) is 3.37. The largest absolute Gasteiger partial charge is 0.392 e. The van der Waals surface area contributed by atoms with Crippen LogP contribution in [0.15, 0.2) is 12.2 Å². The molecule has 0 radical (unpaired) electrons. The fraction of sp³-hybridized carbons (Fsp3) is 0.818. The van der Waals surface area contributed by atoms with E-state index in [0.717, 1.165) is 19.4 Å². The van der Waals surface area contributed by atoms with Crippen LogP contribution in [0.25, 0.3) is 0 Å². The Labute approximate surface area is 82.0 Å². The summed E-state index contributed by atoms with van der Waals surface area (Å²) in [6.07, 6.45) is 5.99. The van der Waals surface area contributed by atoms with Crippen molar-refractivity contribution in [2.24, 2.45) is 5.92 Å². The normalized spacial score (nSPS) is 14.2. The Morgan fingerprint density at radius 2 is 1.92 bits per heavy atom. The van der Waals surface area contributed by atoms with Crippen molar-refractivity contribution in [2.45, 2.75) is 39.7 Å². The summed E-state index contributed by atoms with van der Waals surface area (Å²) in [4.78, 5) is 0. The van der Waals surface area contributed by atoms with Gasteiger partial charge >= 0.3 is 0 Å². The molecule has 0 aromatic rings. The Morgan fingerprint density at radius 1 is 1.31 bits per heavy atom. The SMILES string of the molecule is C/C=C/CNCC(O)C(CC)CC. The third kappa shape index (κ3) is 5.83. The van der Waals surface area contributed by atoms with Gasteiger partial charge in [0.05, 0.1) is 6.10 Å². The van der Waals surface area contributed by atoms with Crippen molar-refractivity contribution in [1.82, 2.24) is 5.32 Å². The molecule has 0 fully saturated rings. The minimum atomic E-state index is -0.194. The quantitative estimate of drug-likeness (QED) is 0.469. The lowest BCUT2D eigenvalue weighted by Crippen LogP contribution is -2.32. The lowest BCUT2D eigenvalue weighted by atomic mass is 9.97. The number of hydrogen-bond acceptors (Lipinski definition) is 2. The van der Waals surface area contributed by atoms with Crippen molar-refractivity contribution in [3.63, 3.8) is 0 Å². The highest BCUT2D eigenvalue weighted by molar-refractivity contribution is 4.80. The second-order valence-corrected chi connectivity index (χ2v) is 3.37. The average molecular weight is 185 g/mol. The molecule has 1 unspecified atom stereocenters. The highest BCUT2D eigenvalue weighted by Crippen LogP contribution is 2.11. The fourth-order valence-electron chi connectivity index (χ4n) is 1.43. The maximum atomic E-state index is 9.72. The van der Waals surface area contributed by atoms with Crippen molar-refractivity contribution >= 4 is 0 Å². The zero-order valence-corrected chi connectivity index (χ0v) is 9.09. The van der Waals surface area contributed by atoms with Crippen molar-refractivity contribution < 1.29 is 5.11 Å². The average Bonchev–Trinajstić information content (AvgIpc) is 2.14. The van der Waals surface area contributed by atoms with Crippen LogP contribution in [0.3, 0.4) is 0 Å². The molecule has 0 heterocycles. The molecule has 0 amide bonds. The van der Waals surface area contributed by atoms with E-state index >= 15 is 0 Å². The van der Waals surface area contributed by atoms with E-state index in [9.17, 15) is 5.11 Å². The van der Waals surface area contributed by atoms with Gasteiger partial charge < -0.3 is 10.4 Å². The molecule has 0 bridgehead atoms. The zero-order valence-electron chi connectivity index (χ0n) is 9.09. The summed E-state index contributed by atoms with van der Waals surface area (Å²) in [6.45, 7) is 7.82. The van der Waals surface area contributed by atoms with Crippen molar-refractivity contribution in [2.75, 3.05) is 13.1 Å². The van der Waals surface area contributed by atoms with Crippen LogP contribution < -0.4 is 5.32 Å². The van der Waals surface area contributed by atoms with Crippen LogP contribution in [-0.2, 0) is 0 Å². The van der Waals surface area contributed by atoms with Crippen molar-refractivity contribution in [1.29, 1.82) is 0 Å².